The second kappa shape index (κ2) is 19.2. The molecule has 1 saturated heterocycles. The third kappa shape index (κ3) is 8.59. The first-order chi connectivity index (χ1) is 33.7. The van der Waals surface area contributed by atoms with Crippen molar-refractivity contribution < 1.29 is 54.0 Å². The Bertz CT molecular complexity index is 2760. The molecule has 9 unspecified atom stereocenters. The Morgan fingerprint density at radius 3 is 2.54 bits per heavy atom. The number of methoxy groups -OCH3 is 1. The molecule has 2 bridgehead atoms. The quantitative estimate of drug-likeness (QED) is 0.0504. The van der Waals surface area contributed by atoms with Gasteiger partial charge >= 0.3 is 0 Å². The van der Waals surface area contributed by atoms with Crippen LogP contribution in [-0.4, -0.2) is 96.1 Å². The van der Waals surface area contributed by atoms with Crippen molar-refractivity contribution in [1.82, 2.24) is 10.6 Å². The molecule has 13 heteroatoms. The molecular formula is C56H62N2O11. The van der Waals surface area contributed by atoms with Gasteiger partial charge in [0.2, 0.25) is 0 Å². The van der Waals surface area contributed by atoms with Crippen LogP contribution < -0.4 is 29.6 Å². The molecule has 2 saturated carbocycles. The maximum absolute atomic E-state index is 13.2. The molecule has 0 amide bonds. The molecule has 2 aliphatic carbocycles. The van der Waals surface area contributed by atoms with E-state index in [1.807, 2.05) is 36.4 Å². The van der Waals surface area contributed by atoms with Gasteiger partial charge in [-0.3, -0.25) is 5.32 Å². The van der Waals surface area contributed by atoms with E-state index in [0.29, 0.717) is 73.0 Å². The van der Waals surface area contributed by atoms with Crippen molar-refractivity contribution in [3.63, 3.8) is 0 Å². The number of hydrogen-bond donors (Lipinski definition) is 7. The van der Waals surface area contributed by atoms with Gasteiger partial charge in [-0.15, -0.1) is 0 Å². The average Bonchev–Trinajstić information content (AvgIpc) is 3.99. The third-order valence-corrected chi connectivity index (χ3v) is 15.8. The zero-order valence-electron chi connectivity index (χ0n) is 39.0. The summed E-state index contributed by atoms with van der Waals surface area (Å²) in [6.45, 7) is 1.90. The summed E-state index contributed by atoms with van der Waals surface area (Å²) in [5.41, 5.74) is 4.04. The number of phenolic OH excluding ortho intramolecular Hbond substituents is 3. The van der Waals surface area contributed by atoms with Crippen LogP contribution in [0.15, 0.2) is 78.9 Å². The molecule has 5 aromatic rings. The molecule has 69 heavy (non-hydrogen) atoms. The molecule has 5 aromatic carbocycles. The number of fused-ring (bicyclic) bond motifs is 5. The highest BCUT2D eigenvalue weighted by Gasteiger charge is 2.58. The van der Waals surface area contributed by atoms with Gasteiger partial charge in [-0.25, -0.2) is 0 Å². The number of aromatic hydroxyl groups is 3. The predicted octanol–water partition coefficient (Wildman–Crippen LogP) is 7.81. The summed E-state index contributed by atoms with van der Waals surface area (Å²) >= 11 is 0. The molecule has 0 aromatic heterocycles. The van der Waals surface area contributed by atoms with Crippen LogP contribution in [-0.2, 0) is 15.9 Å². The van der Waals surface area contributed by atoms with Gasteiger partial charge in [0.05, 0.1) is 42.5 Å². The van der Waals surface area contributed by atoms with Crippen molar-refractivity contribution in [3.05, 3.63) is 101 Å². The van der Waals surface area contributed by atoms with Gasteiger partial charge in [0, 0.05) is 85.2 Å². The minimum atomic E-state index is -1.06. The van der Waals surface area contributed by atoms with Crippen LogP contribution in [0, 0.1) is 35.5 Å². The number of aliphatic hydroxyl groups excluding tert-OH is 2. The average molecular weight is 939 g/mol. The maximum Gasteiger partial charge on any atom is 0.149 e. The maximum atomic E-state index is 13.2. The molecule has 7 N–H and O–H groups in total. The number of nitrogens with one attached hydrogen (secondary N) is 2. The first kappa shape index (κ1) is 45.7. The first-order valence-electron chi connectivity index (χ1n) is 24.8. The number of rotatable bonds is 11. The molecule has 4 heterocycles. The van der Waals surface area contributed by atoms with Crippen LogP contribution in [0.25, 0.3) is 21.9 Å². The van der Waals surface area contributed by atoms with Gasteiger partial charge in [0.25, 0.3) is 0 Å². The monoisotopic (exact) mass is 938 g/mol. The van der Waals surface area contributed by atoms with Crippen LogP contribution in [0.1, 0.15) is 85.8 Å². The normalized spacial score (nSPS) is 28.3. The van der Waals surface area contributed by atoms with Crippen LogP contribution >= 0.6 is 0 Å². The Labute approximate surface area is 402 Å². The highest BCUT2D eigenvalue weighted by atomic mass is 16.5. The van der Waals surface area contributed by atoms with E-state index in [1.54, 1.807) is 49.6 Å². The number of hydrogen-bond acceptors (Lipinski definition) is 13. The van der Waals surface area contributed by atoms with E-state index in [2.05, 4.69) is 22.5 Å². The Morgan fingerprint density at radius 1 is 0.855 bits per heavy atom. The standard InChI is InChI=1S/C56H62N2O11/c1-64-19-6-12-48-50(54-46-27-49(44-25-39(62)14-16-43(44)53(46)68-48)65-20-5-8-36-28-57-31-58-56(36)18-17-33(29-59)55(56)69-54)47-30-66-52-35(24-41(26-45(52)51(47)63)67-40-10-2-3-11-40)21-34-23-38(61)13-15-42(34)32-7-4-9-37(60)22-32/h4,7,9,13-16,22-27,33,36,40,47-48,50-51,54-55,57-63H,2-3,6,10-12,17-21,28-31H2,1H3. The number of aliphatic hydroxyl groups is 2. The van der Waals surface area contributed by atoms with Gasteiger partial charge in [-0.05, 0) is 129 Å². The van der Waals surface area contributed by atoms with E-state index in [0.717, 1.165) is 71.7 Å². The van der Waals surface area contributed by atoms with Gasteiger partial charge in [-0.1, -0.05) is 30.0 Å². The molecule has 11 rings (SSSR count). The first-order valence-corrected chi connectivity index (χ1v) is 24.8. The lowest BCUT2D eigenvalue weighted by Gasteiger charge is -2.50. The summed E-state index contributed by atoms with van der Waals surface area (Å²) < 4.78 is 40.9. The Morgan fingerprint density at radius 2 is 1.70 bits per heavy atom. The van der Waals surface area contributed by atoms with Crippen LogP contribution in [0.3, 0.4) is 0 Å². The molecule has 6 aliphatic rings. The van der Waals surface area contributed by atoms with E-state index < -0.39 is 41.8 Å². The van der Waals surface area contributed by atoms with Crippen molar-refractivity contribution in [2.24, 2.45) is 23.7 Å². The van der Waals surface area contributed by atoms with Gasteiger partial charge in [-0.2, -0.15) is 0 Å². The van der Waals surface area contributed by atoms with Gasteiger partial charge in [0.1, 0.15) is 53.0 Å². The van der Waals surface area contributed by atoms with Gasteiger partial charge in [0.15, 0.2) is 0 Å². The minimum Gasteiger partial charge on any atom is -0.508 e. The van der Waals surface area contributed by atoms with Gasteiger partial charge < -0.3 is 59.3 Å². The van der Waals surface area contributed by atoms with E-state index in [9.17, 15) is 25.5 Å². The van der Waals surface area contributed by atoms with Crippen LogP contribution in [0.2, 0.25) is 0 Å². The second-order valence-electron chi connectivity index (χ2n) is 19.9. The number of phenols is 3. The summed E-state index contributed by atoms with van der Waals surface area (Å²) in [6, 6.07) is 23.4. The lowest BCUT2D eigenvalue weighted by atomic mass is 9.71. The molecule has 13 nitrogen and oxygen atoms in total. The Kier molecular flexibility index (Phi) is 12.7. The van der Waals surface area contributed by atoms with Crippen molar-refractivity contribution in [2.75, 3.05) is 46.8 Å². The molecule has 362 valence electrons. The molecule has 1 spiro atoms. The Hall–Kier alpha value is -5.72. The highest BCUT2D eigenvalue weighted by molar-refractivity contribution is 5.96. The van der Waals surface area contributed by atoms with Crippen molar-refractivity contribution in [3.8, 4) is 63.2 Å². The van der Waals surface area contributed by atoms with Crippen molar-refractivity contribution in [2.45, 2.75) is 93.8 Å². The lowest BCUT2D eigenvalue weighted by molar-refractivity contribution is -0.162. The molecular weight excluding hydrogens is 877 g/mol. The third-order valence-electron chi connectivity index (χ3n) is 15.8. The van der Waals surface area contributed by atoms with Crippen molar-refractivity contribution in [1.29, 1.82) is 0 Å². The second-order valence-corrected chi connectivity index (χ2v) is 19.9. The van der Waals surface area contributed by atoms with E-state index in [1.165, 1.54) is 0 Å². The van der Waals surface area contributed by atoms with Crippen molar-refractivity contribution >= 4 is 10.8 Å². The van der Waals surface area contributed by atoms with E-state index >= 15 is 0 Å². The van der Waals surface area contributed by atoms with E-state index in [-0.39, 0.29) is 55.0 Å². The zero-order chi connectivity index (χ0) is 47.2. The molecule has 0 radical (unpaired) electrons. The largest absolute Gasteiger partial charge is 0.508 e. The fourth-order valence-electron chi connectivity index (χ4n) is 12.5. The fourth-order valence-corrected chi connectivity index (χ4v) is 12.5. The zero-order valence-corrected chi connectivity index (χ0v) is 39.0. The lowest BCUT2D eigenvalue weighted by Crippen LogP contribution is -2.66. The van der Waals surface area contributed by atoms with E-state index in [4.69, 9.17) is 28.4 Å². The summed E-state index contributed by atoms with van der Waals surface area (Å²) in [6.07, 6.45) is 4.50. The highest BCUT2D eigenvalue weighted by Crippen LogP contribution is 2.57. The minimum absolute atomic E-state index is 0.0403. The SMILES string of the molecule is COCCCC1Oc2c3cc(c4cc(O)ccc24)OCC#CC2CNCNC24CCC(CO)C4OC3C1C1COc2c(Cc3cc(O)ccc3-c3cccc(O)c3)cc(OC3CCCC3)cc2C1O. The summed E-state index contributed by atoms with van der Waals surface area (Å²) in [4.78, 5) is 0. The van der Waals surface area contributed by atoms with Crippen LogP contribution in [0.4, 0.5) is 0 Å². The number of benzene rings is 5. The Balaban J connectivity index is 1.06. The topological polar surface area (TPSA) is 181 Å². The number of ether oxygens (including phenoxy) is 6. The predicted molar refractivity (Wildman–Crippen MR) is 259 cm³/mol. The summed E-state index contributed by atoms with van der Waals surface area (Å²) in [7, 11) is 1.69. The fraction of sp³-hybridized carbons (Fsp3) is 0.464. The summed E-state index contributed by atoms with van der Waals surface area (Å²) in [5.74, 6) is 8.14. The molecule has 3 fully saturated rings. The van der Waals surface area contributed by atoms with Crippen LogP contribution in [0.5, 0.6) is 40.2 Å². The summed E-state index contributed by atoms with van der Waals surface area (Å²) in [5, 5.41) is 65.2. The molecule has 4 aliphatic heterocycles. The smallest absolute Gasteiger partial charge is 0.149 e. The molecule has 9 atom stereocenters.